The monoisotopic (exact) mass is 322 g/mol. The standard InChI is InChI=1S/C17H20Cl2N2/c1-20-17(10-12-7-8-15(18)16(19)9-12)13-5-4-6-14(11-13)21(2)3/h4-9,11,17,20H,10H2,1-3H3. The Bertz CT molecular complexity index is 611. The van der Waals surface area contributed by atoms with Gasteiger partial charge in [0.1, 0.15) is 0 Å². The first-order valence-corrected chi connectivity index (χ1v) is 7.65. The van der Waals surface area contributed by atoms with E-state index in [0.717, 1.165) is 6.42 Å². The minimum absolute atomic E-state index is 0.238. The summed E-state index contributed by atoms with van der Waals surface area (Å²) in [5.41, 5.74) is 3.62. The van der Waals surface area contributed by atoms with Crippen LogP contribution in [0.15, 0.2) is 42.5 Å². The van der Waals surface area contributed by atoms with E-state index < -0.39 is 0 Å². The van der Waals surface area contributed by atoms with Crippen LogP contribution in [0.5, 0.6) is 0 Å². The number of hydrogen-bond donors (Lipinski definition) is 1. The minimum Gasteiger partial charge on any atom is -0.378 e. The molecule has 0 fully saturated rings. The van der Waals surface area contributed by atoms with E-state index >= 15 is 0 Å². The first-order valence-electron chi connectivity index (χ1n) is 6.89. The van der Waals surface area contributed by atoms with Crippen molar-refractivity contribution in [1.29, 1.82) is 0 Å². The number of nitrogens with one attached hydrogen (secondary N) is 1. The van der Waals surface area contributed by atoms with Gasteiger partial charge >= 0.3 is 0 Å². The van der Waals surface area contributed by atoms with E-state index in [4.69, 9.17) is 23.2 Å². The Labute approximate surface area is 136 Å². The minimum atomic E-state index is 0.238. The third-order valence-corrected chi connectivity index (χ3v) is 4.30. The topological polar surface area (TPSA) is 15.3 Å². The summed E-state index contributed by atoms with van der Waals surface area (Å²) in [5.74, 6) is 0. The Hall–Kier alpha value is -1.22. The van der Waals surface area contributed by atoms with Gasteiger partial charge in [-0.3, -0.25) is 0 Å². The first kappa shape index (κ1) is 16.2. The second kappa shape index (κ2) is 7.17. The van der Waals surface area contributed by atoms with Gasteiger partial charge < -0.3 is 10.2 Å². The number of hydrogen-bond acceptors (Lipinski definition) is 2. The lowest BCUT2D eigenvalue weighted by molar-refractivity contribution is 0.592. The quantitative estimate of drug-likeness (QED) is 0.867. The molecule has 2 aromatic rings. The molecule has 2 rings (SSSR count). The first-order chi connectivity index (χ1) is 10.0. The van der Waals surface area contributed by atoms with Crippen molar-refractivity contribution < 1.29 is 0 Å². The number of likely N-dealkylation sites (N-methyl/N-ethyl adjacent to an activating group) is 1. The summed E-state index contributed by atoms with van der Waals surface area (Å²) in [4.78, 5) is 2.11. The highest BCUT2D eigenvalue weighted by Crippen LogP contribution is 2.26. The molecule has 1 N–H and O–H groups in total. The third kappa shape index (κ3) is 4.13. The molecule has 0 heterocycles. The molecule has 2 nitrogen and oxygen atoms in total. The van der Waals surface area contributed by atoms with Gasteiger partial charge in [-0.2, -0.15) is 0 Å². The average Bonchev–Trinajstić information content (AvgIpc) is 2.48. The molecule has 21 heavy (non-hydrogen) atoms. The lowest BCUT2D eigenvalue weighted by atomic mass is 9.98. The molecule has 0 bridgehead atoms. The highest BCUT2D eigenvalue weighted by molar-refractivity contribution is 6.42. The Kier molecular flexibility index (Phi) is 5.51. The van der Waals surface area contributed by atoms with E-state index in [1.54, 1.807) is 0 Å². The lowest BCUT2D eigenvalue weighted by Crippen LogP contribution is -2.19. The molecule has 4 heteroatoms. The Morgan fingerprint density at radius 3 is 2.43 bits per heavy atom. The molecule has 0 amide bonds. The van der Waals surface area contributed by atoms with Crippen LogP contribution in [0.25, 0.3) is 0 Å². The third-order valence-electron chi connectivity index (χ3n) is 3.56. The largest absolute Gasteiger partial charge is 0.378 e. The fourth-order valence-corrected chi connectivity index (χ4v) is 2.63. The van der Waals surface area contributed by atoms with Crippen LogP contribution in [0, 0.1) is 0 Å². The van der Waals surface area contributed by atoms with Gasteiger partial charge in [-0.15, -0.1) is 0 Å². The van der Waals surface area contributed by atoms with Crippen LogP contribution in [-0.4, -0.2) is 21.1 Å². The van der Waals surface area contributed by atoms with Crippen molar-refractivity contribution in [3.8, 4) is 0 Å². The molecule has 0 aliphatic heterocycles. The van der Waals surface area contributed by atoms with Gasteiger partial charge in [-0.05, 0) is 48.9 Å². The van der Waals surface area contributed by atoms with Crippen molar-refractivity contribution in [3.05, 3.63) is 63.6 Å². The van der Waals surface area contributed by atoms with E-state index in [-0.39, 0.29) is 6.04 Å². The van der Waals surface area contributed by atoms with Crippen molar-refractivity contribution in [2.45, 2.75) is 12.5 Å². The normalized spacial score (nSPS) is 12.2. The van der Waals surface area contributed by atoms with E-state index in [9.17, 15) is 0 Å². The SMILES string of the molecule is CNC(Cc1ccc(Cl)c(Cl)c1)c1cccc(N(C)C)c1. The van der Waals surface area contributed by atoms with E-state index in [2.05, 4.69) is 34.5 Å². The van der Waals surface area contributed by atoms with Crippen LogP contribution in [-0.2, 0) is 6.42 Å². The van der Waals surface area contributed by atoms with Crippen molar-refractivity contribution in [3.63, 3.8) is 0 Å². The molecule has 112 valence electrons. The summed E-state index contributed by atoms with van der Waals surface area (Å²) in [6, 6.07) is 14.6. The molecule has 0 saturated carbocycles. The van der Waals surface area contributed by atoms with Gasteiger partial charge in [0.05, 0.1) is 10.0 Å². The zero-order valence-electron chi connectivity index (χ0n) is 12.5. The van der Waals surface area contributed by atoms with Crippen molar-refractivity contribution in [2.24, 2.45) is 0 Å². The Morgan fingerprint density at radius 2 is 1.81 bits per heavy atom. The van der Waals surface area contributed by atoms with Crippen LogP contribution >= 0.6 is 23.2 Å². The molecule has 0 aliphatic rings. The Morgan fingerprint density at radius 1 is 1.05 bits per heavy atom. The lowest BCUT2D eigenvalue weighted by Gasteiger charge is -2.20. The zero-order chi connectivity index (χ0) is 15.4. The number of halogens is 2. The molecule has 0 aromatic heterocycles. The van der Waals surface area contributed by atoms with E-state index in [0.29, 0.717) is 10.0 Å². The van der Waals surface area contributed by atoms with Crippen molar-refractivity contribution in [2.75, 3.05) is 26.0 Å². The van der Waals surface area contributed by atoms with Crippen LogP contribution in [0.3, 0.4) is 0 Å². The van der Waals surface area contributed by atoms with Gasteiger partial charge in [0.15, 0.2) is 0 Å². The molecule has 0 saturated heterocycles. The summed E-state index contributed by atoms with van der Waals surface area (Å²) in [5, 5.41) is 4.57. The van der Waals surface area contributed by atoms with Crippen LogP contribution < -0.4 is 10.2 Å². The van der Waals surface area contributed by atoms with Crippen molar-refractivity contribution in [1.82, 2.24) is 5.32 Å². The molecular formula is C17H20Cl2N2. The van der Waals surface area contributed by atoms with Crippen LogP contribution in [0.2, 0.25) is 10.0 Å². The van der Waals surface area contributed by atoms with Gasteiger partial charge in [-0.25, -0.2) is 0 Å². The van der Waals surface area contributed by atoms with Gasteiger partial charge in [0, 0.05) is 25.8 Å². The zero-order valence-corrected chi connectivity index (χ0v) is 14.0. The second-order valence-corrected chi connectivity index (χ2v) is 6.10. The van der Waals surface area contributed by atoms with Crippen molar-refractivity contribution >= 4 is 28.9 Å². The van der Waals surface area contributed by atoms with E-state index in [1.807, 2.05) is 39.3 Å². The fraction of sp³-hybridized carbons (Fsp3) is 0.294. The van der Waals surface area contributed by atoms with Crippen LogP contribution in [0.4, 0.5) is 5.69 Å². The van der Waals surface area contributed by atoms with Gasteiger partial charge in [0.2, 0.25) is 0 Å². The van der Waals surface area contributed by atoms with E-state index in [1.165, 1.54) is 16.8 Å². The molecular weight excluding hydrogens is 303 g/mol. The smallest absolute Gasteiger partial charge is 0.0595 e. The maximum atomic E-state index is 6.09. The van der Waals surface area contributed by atoms with Crippen LogP contribution in [0.1, 0.15) is 17.2 Å². The number of anilines is 1. The summed E-state index contributed by atoms with van der Waals surface area (Å²) in [6.45, 7) is 0. The molecule has 1 atom stereocenters. The maximum absolute atomic E-state index is 6.09. The fourth-order valence-electron chi connectivity index (χ4n) is 2.31. The molecule has 2 aromatic carbocycles. The predicted molar refractivity (Wildman–Crippen MR) is 92.7 cm³/mol. The summed E-state index contributed by atoms with van der Waals surface area (Å²) < 4.78 is 0. The predicted octanol–water partition coefficient (Wildman–Crippen LogP) is 4.56. The average molecular weight is 323 g/mol. The highest BCUT2D eigenvalue weighted by Gasteiger charge is 2.12. The Balaban J connectivity index is 2.23. The summed E-state index contributed by atoms with van der Waals surface area (Å²) >= 11 is 12.1. The van der Waals surface area contributed by atoms with Gasteiger partial charge in [0.25, 0.3) is 0 Å². The maximum Gasteiger partial charge on any atom is 0.0595 e. The number of rotatable bonds is 5. The highest BCUT2D eigenvalue weighted by atomic mass is 35.5. The van der Waals surface area contributed by atoms with Gasteiger partial charge in [-0.1, -0.05) is 41.4 Å². The molecule has 0 spiro atoms. The molecule has 0 radical (unpaired) electrons. The molecule has 0 aliphatic carbocycles. The number of nitrogens with zero attached hydrogens (tertiary/aromatic N) is 1. The summed E-state index contributed by atoms with van der Waals surface area (Å²) in [7, 11) is 6.07. The second-order valence-electron chi connectivity index (χ2n) is 5.28. The number of benzene rings is 2. The molecule has 1 unspecified atom stereocenters. The summed E-state index contributed by atoms with van der Waals surface area (Å²) in [6.07, 6.45) is 0.865.